The Hall–Kier alpha value is -3.52. The van der Waals surface area contributed by atoms with Gasteiger partial charge in [-0.25, -0.2) is 15.0 Å². The molecule has 2 aromatic carbocycles. The van der Waals surface area contributed by atoms with Gasteiger partial charge in [0.05, 0.1) is 11.1 Å². The number of pyridine rings is 1. The minimum atomic E-state index is -4.43. The van der Waals surface area contributed by atoms with Gasteiger partial charge in [-0.2, -0.15) is 13.2 Å². The molecule has 5 nitrogen and oxygen atoms in total. The third-order valence-corrected chi connectivity index (χ3v) is 5.59. The van der Waals surface area contributed by atoms with Gasteiger partial charge in [-0.15, -0.1) is 0 Å². The molecule has 1 unspecified atom stereocenters. The second-order valence-electron chi connectivity index (χ2n) is 7.73. The lowest BCUT2D eigenvalue weighted by molar-refractivity contribution is -0.137. The highest BCUT2D eigenvalue weighted by atomic mass is 19.4. The van der Waals surface area contributed by atoms with Crippen LogP contribution in [0.1, 0.15) is 23.5 Å². The number of alkyl halides is 3. The maximum atomic E-state index is 12.9. The van der Waals surface area contributed by atoms with E-state index < -0.39 is 11.7 Å². The lowest BCUT2D eigenvalue weighted by Crippen LogP contribution is -2.08. The molecule has 1 N–H and O–H groups in total. The molecule has 0 radical (unpaired) electrons. The van der Waals surface area contributed by atoms with Crippen molar-refractivity contribution in [1.82, 2.24) is 20.3 Å². The fraction of sp³-hybridized carbons (Fsp3) is 0.208. The Balaban J connectivity index is 1.44. The van der Waals surface area contributed by atoms with Gasteiger partial charge in [0.15, 0.2) is 0 Å². The summed E-state index contributed by atoms with van der Waals surface area (Å²) >= 11 is 0. The predicted octanol–water partition coefficient (Wildman–Crippen LogP) is 5.58. The molecule has 1 fully saturated rings. The number of hydrogen-bond acceptors (Lipinski definition) is 5. The Labute approximate surface area is 182 Å². The molecule has 1 aliphatic rings. The predicted molar refractivity (Wildman–Crippen MR) is 115 cm³/mol. The number of nitrogens with zero attached hydrogens (tertiary/aromatic N) is 3. The van der Waals surface area contributed by atoms with Crippen LogP contribution in [0.2, 0.25) is 0 Å². The summed E-state index contributed by atoms with van der Waals surface area (Å²) < 4.78 is 44.3. The first kappa shape index (κ1) is 20.4. The summed E-state index contributed by atoms with van der Waals surface area (Å²) in [4.78, 5) is 13.0. The summed E-state index contributed by atoms with van der Waals surface area (Å²) in [6, 6.07) is 12.4. The molecule has 0 spiro atoms. The molecule has 0 aliphatic carbocycles. The fourth-order valence-corrected chi connectivity index (χ4v) is 4.00. The van der Waals surface area contributed by atoms with E-state index in [2.05, 4.69) is 26.3 Å². The van der Waals surface area contributed by atoms with Crippen LogP contribution in [0.4, 0.5) is 13.2 Å². The first-order valence-corrected chi connectivity index (χ1v) is 10.2. The third-order valence-electron chi connectivity index (χ3n) is 5.59. The van der Waals surface area contributed by atoms with E-state index in [4.69, 9.17) is 4.74 Å². The second kappa shape index (κ2) is 8.20. The van der Waals surface area contributed by atoms with E-state index in [-0.39, 0.29) is 11.6 Å². The molecule has 1 saturated heterocycles. The van der Waals surface area contributed by atoms with Crippen molar-refractivity contribution in [3.05, 3.63) is 78.4 Å². The number of halogens is 3. The fourth-order valence-electron chi connectivity index (χ4n) is 4.00. The van der Waals surface area contributed by atoms with E-state index in [9.17, 15) is 13.2 Å². The van der Waals surface area contributed by atoms with Gasteiger partial charge in [-0.1, -0.05) is 6.07 Å². The summed E-state index contributed by atoms with van der Waals surface area (Å²) in [5.74, 6) is 0.681. The Morgan fingerprint density at radius 2 is 1.88 bits per heavy atom. The van der Waals surface area contributed by atoms with Crippen LogP contribution in [-0.2, 0) is 6.18 Å². The maximum Gasteiger partial charge on any atom is 0.416 e. The molecule has 0 bridgehead atoms. The normalized spacial score (nSPS) is 16.4. The van der Waals surface area contributed by atoms with E-state index in [1.807, 2.05) is 12.1 Å². The number of nitrogens with one attached hydrogen (secondary N) is 1. The third kappa shape index (κ3) is 4.13. The van der Waals surface area contributed by atoms with Gasteiger partial charge < -0.3 is 10.1 Å². The zero-order valence-corrected chi connectivity index (χ0v) is 16.9. The highest BCUT2D eigenvalue weighted by molar-refractivity contribution is 5.87. The number of ether oxygens (including phenoxy) is 1. The smallest absolute Gasteiger partial charge is 0.416 e. The number of hydrogen-bond donors (Lipinski definition) is 1. The topological polar surface area (TPSA) is 59.9 Å². The first-order valence-electron chi connectivity index (χ1n) is 10.2. The Morgan fingerprint density at radius 3 is 2.62 bits per heavy atom. The minimum absolute atomic E-state index is 0.0824. The van der Waals surface area contributed by atoms with E-state index in [0.29, 0.717) is 5.92 Å². The molecule has 0 amide bonds. The van der Waals surface area contributed by atoms with Crippen molar-refractivity contribution in [1.29, 1.82) is 0 Å². The van der Waals surface area contributed by atoms with Crippen molar-refractivity contribution in [3.63, 3.8) is 0 Å². The van der Waals surface area contributed by atoms with Gasteiger partial charge in [0.2, 0.25) is 5.88 Å². The SMILES string of the molecule is FC(F)(F)c1cccc(Oc2ccc(-c3cc(C4CCNC4)c4ncncc4c3)cn2)c1. The summed E-state index contributed by atoms with van der Waals surface area (Å²) in [5.41, 5.74) is 3.22. The molecule has 5 rings (SSSR count). The highest BCUT2D eigenvalue weighted by Crippen LogP contribution is 2.35. The molecular formula is C24H19F3N4O. The average molecular weight is 436 g/mol. The van der Waals surface area contributed by atoms with Crippen LogP contribution >= 0.6 is 0 Å². The molecule has 162 valence electrons. The molecule has 4 aromatic rings. The van der Waals surface area contributed by atoms with Gasteiger partial charge in [0, 0.05) is 36.0 Å². The first-order chi connectivity index (χ1) is 15.5. The molecule has 8 heteroatoms. The maximum absolute atomic E-state index is 12.9. The molecule has 1 aliphatic heterocycles. The van der Waals surface area contributed by atoms with Crippen molar-refractivity contribution in [3.8, 4) is 22.8 Å². The van der Waals surface area contributed by atoms with E-state index >= 15 is 0 Å². The highest BCUT2D eigenvalue weighted by Gasteiger charge is 2.30. The van der Waals surface area contributed by atoms with Gasteiger partial charge in [-0.05, 0) is 66.4 Å². The Morgan fingerprint density at radius 1 is 0.969 bits per heavy atom. The average Bonchev–Trinajstić information content (AvgIpc) is 3.33. The number of benzene rings is 2. The van der Waals surface area contributed by atoms with Crippen LogP contribution in [0.5, 0.6) is 11.6 Å². The lowest BCUT2D eigenvalue weighted by Gasteiger charge is -2.14. The monoisotopic (exact) mass is 436 g/mol. The molecule has 3 heterocycles. The molecule has 0 saturated carbocycles. The molecule has 2 aromatic heterocycles. The van der Waals surface area contributed by atoms with Crippen molar-refractivity contribution in [2.75, 3.05) is 13.1 Å². The molecule has 32 heavy (non-hydrogen) atoms. The van der Waals surface area contributed by atoms with E-state index in [0.717, 1.165) is 53.7 Å². The van der Waals surface area contributed by atoms with Crippen LogP contribution < -0.4 is 10.1 Å². The van der Waals surface area contributed by atoms with Crippen molar-refractivity contribution in [2.24, 2.45) is 0 Å². The molecule has 1 atom stereocenters. The lowest BCUT2D eigenvalue weighted by atomic mass is 9.92. The van der Waals surface area contributed by atoms with Crippen LogP contribution in [0.25, 0.3) is 22.0 Å². The summed E-state index contributed by atoms with van der Waals surface area (Å²) in [7, 11) is 0. The quantitative estimate of drug-likeness (QED) is 0.453. The zero-order chi connectivity index (χ0) is 22.1. The largest absolute Gasteiger partial charge is 0.439 e. The summed E-state index contributed by atoms with van der Waals surface area (Å²) in [6.45, 7) is 1.88. The van der Waals surface area contributed by atoms with Gasteiger partial charge >= 0.3 is 6.18 Å². The summed E-state index contributed by atoms with van der Waals surface area (Å²) in [5, 5.41) is 4.35. The Bertz CT molecular complexity index is 1250. The second-order valence-corrected chi connectivity index (χ2v) is 7.73. The minimum Gasteiger partial charge on any atom is -0.439 e. The van der Waals surface area contributed by atoms with Crippen molar-refractivity contribution >= 4 is 10.9 Å². The van der Waals surface area contributed by atoms with E-state index in [1.54, 1.807) is 24.8 Å². The van der Waals surface area contributed by atoms with Crippen molar-refractivity contribution < 1.29 is 17.9 Å². The van der Waals surface area contributed by atoms with Crippen LogP contribution in [0.3, 0.4) is 0 Å². The number of aromatic nitrogens is 3. The van der Waals surface area contributed by atoms with Crippen molar-refractivity contribution in [2.45, 2.75) is 18.5 Å². The van der Waals surface area contributed by atoms with Crippen LogP contribution in [0, 0.1) is 0 Å². The number of rotatable bonds is 4. The molecular weight excluding hydrogens is 417 g/mol. The van der Waals surface area contributed by atoms with Crippen LogP contribution in [-0.4, -0.2) is 28.0 Å². The van der Waals surface area contributed by atoms with Crippen LogP contribution in [0.15, 0.2) is 67.3 Å². The Kier molecular flexibility index (Phi) is 5.22. The summed E-state index contributed by atoms with van der Waals surface area (Å²) in [6.07, 6.45) is 1.64. The standard InChI is InChI=1S/C24H19F3N4O/c25-24(26,27)19-2-1-3-20(10-19)32-22-5-4-15(13-30-22)17-8-18-12-29-14-31-23(18)21(9-17)16-6-7-28-11-16/h1-5,8-10,12-14,16,28H,6-7,11H2. The van der Waals surface area contributed by atoms with E-state index in [1.165, 1.54) is 17.7 Å². The van der Waals surface area contributed by atoms with Gasteiger partial charge in [-0.3, -0.25) is 0 Å². The van der Waals surface area contributed by atoms with Gasteiger partial charge in [0.1, 0.15) is 12.1 Å². The van der Waals surface area contributed by atoms with Gasteiger partial charge in [0.25, 0.3) is 0 Å². The number of fused-ring (bicyclic) bond motifs is 1. The zero-order valence-electron chi connectivity index (χ0n) is 16.9.